The minimum Gasteiger partial charge on any atom is -0.503 e. The van der Waals surface area contributed by atoms with E-state index in [4.69, 9.17) is 4.74 Å². The predicted molar refractivity (Wildman–Crippen MR) is 72.8 cm³/mol. The first kappa shape index (κ1) is 13.6. The molecule has 18 heavy (non-hydrogen) atoms. The van der Waals surface area contributed by atoms with Gasteiger partial charge in [0.25, 0.3) is 0 Å². The van der Waals surface area contributed by atoms with Gasteiger partial charge >= 0.3 is 0 Å². The number of hydrogen-bond acceptors (Lipinski definition) is 4. The first-order valence-electron chi connectivity index (χ1n) is 6.06. The lowest BCUT2D eigenvalue weighted by atomic mass is 10.2. The van der Waals surface area contributed by atoms with Crippen LogP contribution in [0.1, 0.15) is 18.4 Å². The summed E-state index contributed by atoms with van der Waals surface area (Å²) < 4.78 is 5.70. The topological polar surface area (TPSA) is 61.7 Å². The van der Waals surface area contributed by atoms with E-state index in [2.05, 4.69) is 21.2 Å². The Morgan fingerprint density at radius 2 is 2.22 bits per heavy atom. The van der Waals surface area contributed by atoms with Crippen LogP contribution in [0.2, 0.25) is 0 Å². The Bertz CT molecular complexity index is 421. The molecule has 1 aromatic rings. The van der Waals surface area contributed by atoms with Crippen molar-refractivity contribution < 1.29 is 14.9 Å². The summed E-state index contributed by atoms with van der Waals surface area (Å²) in [4.78, 5) is 0. The van der Waals surface area contributed by atoms with Gasteiger partial charge in [-0.05, 0) is 52.4 Å². The van der Waals surface area contributed by atoms with Crippen molar-refractivity contribution in [3.63, 3.8) is 0 Å². The monoisotopic (exact) mass is 315 g/mol. The van der Waals surface area contributed by atoms with Gasteiger partial charge in [0.2, 0.25) is 0 Å². The number of phenolic OH excluding ortho intramolecular Hbond substituents is 1. The molecule has 1 fully saturated rings. The molecule has 3 N–H and O–H groups in total. The highest BCUT2D eigenvalue weighted by Crippen LogP contribution is 2.35. The molecule has 1 unspecified atom stereocenters. The van der Waals surface area contributed by atoms with Crippen LogP contribution in [0.4, 0.5) is 0 Å². The first-order valence-corrected chi connectivity index (χ1v) is 6.85. The van der Waals surface area contributed by atoms with Crippen LogP contribution < -0.4 is 10.1 Å². The van der Waals surface area contributed by atoms with E-state index in [0.29, 0.717) is 29.2 Å². The van der Waals surface area contributed by atoms with Crippen LogP contribution >= 0.6 is 15.9 Å². The van der Waals surface area contributed by atoms with Crippen LogP contribution in [0.15, 0.2) is 16.6 Å². The lowest BCUT2D eigenvalue weighted by molar-refractivity contribution is 0.148. The summed E-state index contributed by atoms with van der Waals surface area (Å²) >= 11 is 3.28. The smallest absolute Gasteiger partial charge is 0.172 e. The number of rotatable bonds is 6. The number of aliphatic hydroxyl groups is 1. The highest BCUT2D eigenvalue weighted by molar-refractivity contribution is 9.10. The summed E-state index contributed by atoms with van der Waals surface area (Å²) in [5.74, 6) is 1.04. The van der Waals surface area contributed by atoms with Crippen molar-refractivity contribution in [2.75, 3.05) is 13.7 Å². The number of phenols is 1. The molecule has 0 heterocycles. The van der Waals surface area contributed by atoms with Gasteiger partial charge < -0.3 is 20.3 Å². The second-order valence-corrected chi connectivity index (χ2v) is 5.52. The van der Waals surface area contributed by atoms with Gasteiger partial charge in [0, 0.05) is 13.1 Å². The van der Waals surface area contributed by atoms with Gasteiger partial charge in [-0.15, -0.1) is 0 Å². The number of ether oxygens (including phenoxy) is 1. The van der Waals surface area contributed by atoms with Crippen molar-refractivity contribution in [2.45, 2.75) is 25.5 Å². The minimum atomic E-state index is -0.243. The molecule has 1 saturated carbocycles. The second kappa shape index (κ2) is 5.91. The molecule has 2 rings (SSSR count). The molecule has 1 aromatic carbocycles. The van der Waals surface area contributed by atoms with E-state index in [1.165, 1.54) is 7.11 Å². The maximum atomic E-state index is 9.73. The van der Waals surface area contributed by atoms with Crippen LogP contribution in [-0.2, 0) is 6.54 Å². The Morgan fingerprint density at radius 1 is 1.50 bits per heavy atom. The van der Waals surface area contributed by atoms with Crippen molar-refractivity contribution in [1.82, 2.24) is 5.32 Å². The molecule has 100 valence electrons. The number of benzene rings is 1. The maximum Gasteiger partial charge on any atom is 0.172 e. The van der Waals surface area contributed by atoms with Crippen molar-refractivity contribution in [2.24, 2.45) is 5.92 Å². The molecule has 0 aromatic heterocycles. The Labute approximate surface area is 115 Å². The summed E-state index contributed by atoms with van der Waals surface area (Å²) in [5, 5.41) is 22.6. The van der Waals surface area contributed by atoms with E-state index in [0.717, 1.165) is 18.4 Å². The third-order valence-corrected chi connectivity index (χ3v) is 3.76. The van der Waals surface area contributed by atoms with Gasteiger partial charge in [-0.3, -0.25) is 0 Å². The first-order chi connectivity index (χ1) is 8.61. The second-order valence-electron chi connectivity index (χ2n) is 4.66. The molecule has 1 aliphatic carbocycles. The predicted octanol–water partition coefficient (Wildman–Crippen LogP) is 2.02. The number of halogens is 1. The number of hydrogen-bond donors (Lipinski definition) is 3. The van der Waals surface area contributed by atoms with Crippen LogP contribution in [0.3, 0.4) is 0 Å². The van der Waals surface area contributed by atoms with Gasteiger partial charge in [-0.1, -0.05) is 0 Å². The number of aromatic hydroxyl groups is 1. The van der Waals surface area contributed by atoms with Crippen LogP contribution in [-0.4, -0.2) is 30.0 Å². The molecule has 0 spiro atoms. The number of methoxy groups -OCH3 is 1. The van der Waals surface area contributed by atoms with Crippen molar-refractivity contribution in [3.8, 4) is 11.5 Å². The van der Waals surface area contributed by atoms with Gasteiger partial charge in [-0.25, -0.2) is 0 Å². The standard InChI is InChI=1S/C13H18BrNO3/c1-18-12-5-8(4-10(14)13(12)17)6-15-7-11(16)9-2-3-9/h4-5,9,11,15-17H,2-3,6-7H2,1H3. The molecule has 0 bridgehead atoms. The average molecular weight is 316 g/mol. The third-order valence-electron chi connectivity index (χ3n) is 3.16. The zero-order valence-corrected chi connectivity index (χ0v) is 11.9. The van der Waals surface area contributed by atoms with Crippen molar-refractivity contribution in [1.29, 1.82) is 0 Å². The SMILES string of the molecule is COc1cc(CNCC(O)C2CC2)cc(Br)c1O. The maximum absolute atomic E-state index is 9.73. The lowest BCUT2D eigenvalue weighted by Gasteiger charge is -2.12. The average Bonchev–Trinajstić information content (AvgIpc) is 3.17. The van der Waals surface area contributed by atoms with E-state index in [9.17, 15) is 10.2 Å². The van der Waals surface area contributed by atoms with Gasteiger partial charge in [0.1, 0.15) is 0 Å². The highest BCUT2D eigenvalue weighted by atomic mass is 79.9. The van der Waals surface area contributed by atoms with Gasteiger partial charge in [-0.2, -0.15) is 0 Å². The number of nitrogens with one attached hydrogen (secondary N) is 1. The summed E-state index contributed by atoms with van der Waals surface area (Å²) in [6.07, 6.45) is 2.04. The van der Waals surface area contributed by atoms with E-state index >= 15 is 0 Å². The van der Waals surface area contributed by atoms with Gasteiger partial charge in [0.05, 0.1) is 17.7 Å². The Hall–Kier alpha value is -0.780. The summed E-state index contributed by atoms with van der Waals surface area (Å²) in [6, 6.07) is 3.63. The summed E-state index contributed by atoms with van der Waals surface area (Å²) in [6.45, 7) is 1.24. The van der Waals surface area contributed by atoms with Gasteiger partial charge in [0.15, 0.2) is 11.5 Å². The quantitative estimate of drug-likeness (QED) is 0.751. The number of aliphatic hydroxyl groups excluding tert-OH is 1. The molecule has 0 saturated heterocycles. The molecule has 1 aliphatic rings. The molecular weight excluding hydrogens is 298 g/mol. The molecule has 0 aliphatic heterocycles. The van der Waals surface area contributed by atoms with Crippen LogP contribution in [0, 0.1) is 5.92 Å². The van der Waals surface area contributed by atoms with E-state index in [1.54, 1.807) is 6.07 Å². The fourth-order valence-corrected chi connectivity index (χ4v) is 2.39. The molecule has 0 amide bonds. The fourth-order valence-electron chi connectivity index (χ4n) is 1.90. The lowest BCUT2D eigenvalue weighted by Crippen LogP contribution is -2.27. The van der Waals surface area contributed by atoms with Crippen molar-refractivity contribution in [3.05, 3.63) is 22.2 Å². The Balaban J connectivity index is 1.90. The minimum absolute atomic E-state index is 0.110. The Kier molecular flexibility index (Phi) is 4.48. The largest absolute Gasteiger partial charge is 0.503 e. The Morgan fingerprint density at radius 3 is 2.83 bits per heavy atom. The van der Waals surface area contributed by atoms with E-state index in [1.807, 2.05) is 6.07 Å². The molecular formula is C13H18BrNO3. The highest BCUT2D eigenvalue weighted by Gasteiger charge is 2.29. The third kappa shape index (κ3) is 3.37. The normalized spacial score (nSPS) is 16.6. The van der Waals surface area contributed by atoms with Crippen molar-refractivity contribution >= 4 is 15.9 Å². The molecule has 1 atom stereocenters. The zero-order chi connectivity index (χ0) is 13.1. The van der Waals surface area contributed by atoms with E-state index in [-0.39, 0.29) is 11.9 Å². The zero-order valence-electron chi connectivity index (χ0n) is 10.3. The fraction of sp³-hybridized carbons (Fsp3) is 0.538. The summed E-state index contributed by atoms with van der Waals surface area (Å²) in [7, 11) is 1.52. The molecule has 0 radical (unpaired) electrons. The van der Waals surface area contributed by atoms with Crippen LogP contribution in [0.25, 0.3) is 0 Å². The molecule has 4 nitrogen and oxygen atoms in total. The molecule has 5 heteroatoms. The summed E-state index contributed by atoms with van der Waals surface area (Å²) in [5.41, 5.74) is 1.000. The van der Waals surface area contributed by atoms with Crippen LogP contribution in [0.5, 0.6) is 11.5 Å². The van der Waals surface area contributed by atoms with E-state index < -0.39 is 0 Å².